The van der Waals surface area contributed by atoms with E-state index in [1.54, 1.807) is 35.2 Å². The van der Waals surface area contributed by atoms with Crippen LogP contribution in [-0.2, 0) is 0 Å². The molecule has 0 spiro atoms. The first kappa shape index (κ1) is 25.0. The summed E-state index contributed by atoms with van der Waals surface area (Å²) in [6.07, 6.45) is 7.84. The van der Waals surface area contributed by atoms with Crippen molar-refractivity contribution in [2.45, 2.75) is 57.7 Å². The summed E-state index contributed by atoms with van der Waals surface area (Å²) in [5.41, 5.74) is 2.95. The molecule has 191 valence electrons. The summed E-state index contributed by atoms with van der Waals surface area (Å²) in [4.78, 5) is 29.8. The molecule has 0 bridgehead atoms. The summed E-state index contributed by atoms with van der Waals surface area (Å²) in [6, 6.07) is 13.5. The second-order valence-electron chi connectivity index (χ2n) is 10.3. The number of nitrogens with one attached hydrogen (secondary N) is 1. The smallest absolute Gasteiger partial charge is 0.261 e. The van der Waals surface area contributed by atoms with Gasteiger partial charge in [0.1, 0.15) is 11.5 Å². The van der Waals surface area contributed by atoms with Gasteiger partial charge in [0.25, 0.3) is 5.56 Å². The molecule has 0 atom stereocenters. The van der Waals surface area contributed by atoms with E-state index < -0.39 is 5.82 Å². The van der Waals surface area contributed by atoms with E-state index in [0.29, 0.717) is 40.5 Å². The lowest BCUT2D eigenvalue weighted by molar-refractivity contribution is 0.221. The van der Waals surface area contributed by atoms with E-state index in [1.165, 1.54) is 6.07 Å². The van der Waals surface area contributed by atoms with Crippen LogP contribution in [0, 0.1) is 11.9 Å². The third-order valence-electron chi connectivity index (χ3n) is 7.19. The highest BCUT2D eigenvalue weighted by Crippen LogP contribution is 2.26. The Labute approximate surface area is 216 Å². The molecular weight excluding hydrogens is 467 g/mol. The highest BCUT2D eigenvalue weighted by molar-refractivity contribution is 5.81. The third-order valence-corrected chi connectivity index (χ3v) is 7.19. The van der Waals surface area contributed by atoms with Gasteiger partial charge in [0.2, 0.25) is 5.95 Å². The number of pyridine rings is 2. The van der Waals surface area contributed by atoms with E-state index >= 15 is 0 Å². The van der Waals surface area contributed by atoms with Gasteiger partial charge in [0, 0.05) is 47.5 Å². The van der Waals surface area contributed by atoms with Crippen LogP contribution in [-0.4, -0.2) is 50.6 Å². The first-order valence-corrected chi connectivity index (χ1v) is 12.8. The van der Waals surface area contributed by atoms with Gasteiger partial charge in [0.05, 0.1) is 11.3 Å². The molecule has 1 fully saturated rings. The van der Waals surface area contributed by atoms with Crippen LogP contribution in [0.3, 0.4) is 0 Å². The topological polar surface area (TPSA) is 75.9 Å². The lowest BCUT2D eigenvalue weighted by Crippen LogP contribution is -2.36. The number of fused-ring (bicyclic) bond motifs is 1. The minimum Gasteiger partial charge on any atom is -0.351 e. The minimum absolute atomic E-state index is 0.101. The first-order chi connectivity index (χ1) is 17.8. The van der Waals surface area contributed by atoms with Crippen LogP contribution in [0.1, 0.15) is 45.6 Å². The molecule has 1 saturated carbocycles. The van der Waals surface area contributed by atoms with E-state index in [2.05, 4.69) is 40.3 Å². The molecule has 1 N–H and O–H groups in total. The average molecular weight is 500 g/mol. The first-order valence-electron chi connectivity index (χ1n) is 12.8. The van der Waals surface area contributed by atoms with Gasteiger partial charge in [-0.1, -0.05) is 18.2 Å². The fourth-order valence-corrected chi connectivity index (χ4v) is 5.11. The maximum absolute atomic E-state index is 13.6. The van der Waals surface area contributed by atoms with E-state index in [9.17, 15) is 9.18 Å². The standard InChI is InChI=1S/C29H32FN6O/c1-18(2)36-27-21(17-32-29(34-27)33-23-9-11-24(12-10-23)35(3)4)15-25(28(36)37)26-13-8-20(16-31-26)19-6-5-7-22(30)14-19/h5-6,8,13-18,23-24H,9-12H2,1-4H3,(H,32,33,34)/t23-,24-. The average Bonchev–Trinajstić information content (AvgIpc) is 2.88. The maximum atomic E-state index is 13.6. The van der Waals surface area contributed by atoms with Gasteiger partial charge in [-0.25, -0.2) is 9.37 Å². The van der Waals surface area contributed by atoms with Crippen molar-refractivity contribution in [3.8, 4) is 22.4 Å². The van der Waals surface area contributed by atoms with Gasteiger partial charge in [-0.3, -0.25) is 14.3 Å². The van der Waals surface area contributed by atoms with Crippen molar-refractivity contribution in [1.29, 1.82) is 0 Å². The van der Waals surface area contributed by atoms with Crippen LogP contribution in [0.2, 0.25) is 0 Å². The van der Waals surface area contributed by atoms with Crippen molar-refractivity contribution in [3.05, 3.63) is 71.0 Å². The molecule has 0 amide bonds. The predicted octanol–water partition coefficient (Wildman–Crippen LogP) is 5.33. The Morgan fingerprint density at radius 3 is 2.49 bits per heavy atom. The Morgan fingerprint density at radius 2 is 1.84 bits per heavy atom. The summed E-state index contributed by atoms with van der Waals surface area (Å²) in [6.45, 7) is 3.94. The minimum atomic E-state index is -0.425. The molecule has 1 aromatic carbocycles. The Kier molecular flexibility index (Phi) is 7.02. The van der Waals surface area contributed by atoms with Crippen LogP contribution in [0.25, 0.3) is 33.4 Å². The summed E-state index contributed by atoms with van der Waals surface area (Å²) >= 11 is 0. The van der Waals surface area contributed by atoms with E-state index in [1.807, 2.05) is 26.0 Å². The number of nitrogens with zero attached hydrogens (tertiary/aromatic N) is 5. The van der Waals surface area contributed by atoms with Gasteiger partial charge in [-0.15, -0.1) is 0 Å². The number of rotatable bonds is 6. The van der Waals surface area contributed by atoms with Crippen molar-refractivity contribution >= 4 is 17.0 Å². The van der Waals surface area contributed by atoms with Crippen molar-refractivity contribution in [2.75, 3.05) is 19.4 Å². The van der Waals surface area contributed by atoms with Gasteiger partial charge >= 0.3 is 0 Å². The quantitative estimate of drug-likeness (QED) is 0.387. The SMILES string of the molecule is CC(C)n1c(=O)c(-c2ccc(-c3cc[c]c(F)c3)cn2)cc2cnc(N[C@H]3CC[C@H](N(C)C)CC3)nc21. The van der Waals surface area contributed by atoms with E-state index in [0.717, 1.165) is 36.6 Å². The van der Waals surface area contributed by atoms with Crippen molar-refractivity contribution < 1.29 is 4.39 Å². The number of aromatic nitrogens is 4. The Balaban J connectivity index is 1.46. The summed E-state index contributed by atoms with van der Waals surface area (Å²) < 4.78 is 15.3. The molecule has 1 aliphatic carbocycles. The summed E-state index contributed by atoms with van der Waals surface area (Å²) in [5, 5.41) is 4.27. The molecule has 0 aliphatic heterocycles. The fourth-order valence-electron chi connectivity index (χ4n) is 5.11. The van der Waals surface area contributed by atoms with Gasteiger partial charge in [0.15, 0.2) is 0 Å². The van der Waals surface area contributed by atoms with Gasteiger partial charge in [-0.05, 0) is 77.4 Å². The third kappa shape index (κ3) is 5.25. The fraction of sp³-hybridized carbons (Fsp3) is 0.379. The predicted molar refractivity (Wildman–Crippen MR) is 145 cm³/mol. The molecule has 37 heavy (non-hydrogen) atoms. The molecular formula is C29H32FN6O. The summed E-state index contributed by atoms with van der Waals surface area (Å²) in [7, 11) is 4.27. The van der Waals surface area contributed by atoms with E-state index in [-0.39, 0.29) is 11.6 Å². The molecule has 1 radical (unpaired) electrons. The number of hydrogen-bond acceptors (Lipinski definition) is 6. The number of halogens is 1. The molecule has 8 heteroatoms. The molecule has 3 heterocycles. The lowest BCUT2D eigenvalue weighted by atomic mass is 9.91. The lowest BCUT2D eigenvalue weighted by Gasteiger charge is -2.33. The largest absolute Gasteiger partial charge is 0.351 e. The Morgan fingerprint density at radius 1 is 1.05 bits per heavy atom. The zero-order valence-electron chi connectivity index (χ0n) is 21.7. The van der Waals surface area contributed by atoms with Crippen molar-refractivity contribution in [2.24, 2.45) is 0 Å². The van der Waals surface area contributed by atoms with Crippen LogP contribution >= 0.6 is 0 Å². The zero-order valence-corrected chi connectivity index (χ0v) is 21.7. The summed E-state index contributed by atoms with van der Waals surface area (Å²) in [5.74, 6) is 0.128. The zero-order chi connectivity index (χ0) is 26.1. The highest BCUT2D eigenvalue weighted by Gasteiger charge is 2.23. The molecule has 5 rings (SSSR count). The van der Waals surface area contributed by atoms with Crippen LogP contribution in [0.5, 0.6) is 0 Å². The Hall–Kier alpha value is -3.65. The second-order valence-corrected chi connectivity index (χ2v) is 10.3. The van der Waals surface area contributed by atoms with Crippen molar-refractivity contribution in [3.63, 3.8) is 0 Å². The number of benzene rings is 1. The Bertz CT molecular complexity index is 1460. The molecule has 0 unspecified atom stereocenters. The second kappa shape index (κ2) is 10.4. The molecule has 1 aliphatic rings. The van der Waals surface area contributed by atoms with Crippen LogP contribution < -0.4 is 10.9 Å². The monoisotopic (exact) mass is 499 g/mol. The molecule has 0 saturated heterocycles. The van der Waals surface area contributed by atoms with Gasteiger partial charge in [-0.2, -0.15) is 4.98 Å². The molecule has 4 aromatic rings. The van der Waals surface area contributed by atoms with Gasteiger partial charge < -0.3 is 10.2 Å². The van der Waals surface area contributed by atoms with Crippen LogP contribution in [0.15, 0.2) is 53.6 Å². The van der Waals surface area contributed by atoms with Crippen LogP contribution in [0.4, 0.5) is 10.3 Å². The van der Waals surface area contributed by atoms with E-state index in [4.69, 9.17) is 4.98 Å². The van der Waals surface area contributed by atoms with Crippen molar-refractivity contribution in [1.82, 2.24) is 24.4 Å². The molecule has 3 aromatic heterocycles. The normalized spacial score (nSPS) is 18.0. The highest BCUT2D eigenvalue weighted by atomic mass is 19.1. The maximum Gasteiger partial charge on any atom is 0.261 e. The number of hydrogen-bond donors (Lipinski definition) is 1. The molecule has 7 nitrogen and oxygen atoms in total. The number of anilines is 1.